The summed E-state index contributed by atoms with van der Waals surface area (Å²) in [7, 11) is 3.16. The second kappa shape index (κ2) is 11.0. The van der Waals surface area contributed by atoms with E-state index in [0.717, 1.165) is 23.1 Å². The third-order valence-electron chi connectivity index (χ3n) is 5.70. The molecule has 7 heteroatoms. The van der Waals surface area contributed by atoms with E-state index in [0.29, 0.717) is 17.9 Å². The first-order chi connectivity index (χ1) is 15.5. The zero-order valence-corrected chi connectivity index (χ0v) is 19.3. The highest BCUT2D eigenvalue weighted by Gasteiger charge is 2.39. The summed E-state index contributed by atoms with van der Waals surface area (Å²) in [6.45, 7) is 2.10. The molecule has 0 aromatic heterocycles. The van der Waals surface area contributed by atoms with Crippen LogP contribution in [0.3, 0.4) is 0 Å². The molecular weight excluding hydrogens is 430 g/mol. The molecule has 2 aromatic carbocycles. The van der Waals surface area contributed by atoms with E-state index in [1.165, 1.54) is 4.90 Å². The average Bonchev–Trinajstić information content (AvgIpc) is 3.22. The Morgan fingerprint density at radius 1 is 1.19 bits per heavy atom. The summed E-state index contributed by atoms with van der Waals surface area (Å²) in [6.07, 6.45) is 0.966. The van der Waals surface area contributed by atoms with Crippen molar-refractivity contribution in [2.75, 3.05) is 20.8 Å². The van der Waals surface area contributed by atoms with Crippen LogP contribution in [0.1, 0.15) is 49.3 Å². The Kier molecular flexibility index (Phi) is 8.17. The summed E-state index contributed by atoms with van der Waals surface area (Å²) in [5, 5.41) is 0. The average molecular weight is 458 g/mol. The van der Waals surface area contributed by atoms with E-state index in [-0.39, 0.29) is 24.9 Å². The fraction of sp³-hybridized carbons (Fsp3) is 0.360. The van der Waals surface area contributed by atoms with Crippen LogP contribution in [0.25, 0.3) is 0 Å². The molecule has 1 saturated heterocycles. The van der Waals surface area contributed by atoms with E-state index in [1.54, 1.807) is 19.8 Å². The number of benzene rings is 2. The molecule has 2 amide bonds. The highest BCUT2D eigenvalue weighted by Crippen LogP contribution is 2.36. The molecule has 1 aliphatic rings. The molecule has 2 aromatic rings. The number of ether oxygens (including phenoxy) is 3. The molecule has 3 rings (SSSR count). The Morgan fingerprint density at radius 2 is 1.91 bits per heavy atom. The van der Waals surface area contributed by atoms with Crippen molar-refractivity contribution in [2.45, 2.75) is 38.1 Å². The topological polar surface area (TPSA) is 65.1 Å². The molecular formula is C25H28ClNO5. The monoisotopic (exact) mass is 457 g/mol. The molecule has 6 nitrogen and oxygen atoms in total. The number of methoxy groups -OCH3 is 2. The number of hydrogen-bond acceptors (Lipinski definition) is 5. The van der Waals surface area contributed by atoms with Crippen molar-refractivity contribution in [3.8, 4) is 11.5 Å². The SMILES string of the molecule is COc1ccc([C@H](CC/C(C)=C/Cl)CC(=O)N2C(=O)OC[C@@H]2c2ccccc2)cc1OC. The molecule has 0 radical (unpaired) electrons. The van der Waals surface area contributed by atoms with Crippen molar-refractivity contribution in [3.05, 3.63) is 70.8 Å². The lowest BCUT2D eigenvalue weighted by molar-refractivity contribution is -0.129. The summed E-state index contributed by atoms with van der Waals surface area (Å²) in [5.74, 6) is 0.799. The van der Waals surface area contributed by atoms with Gasteiger partial charge in [-0.2, -0.15) is 0 Å². The predicted molar refractivity (Wildman–Crippen MR) is 123 cm³/mol. The van der Waals surface area contributed by atoms with Crippen molar-refractivity contribution in [1.82, 2.24) is 4.90 Å². The van der Waals surface area contributed by atoms with E-state index >= 15 is 0 Å². The van der Waals surface area contributed by atoms with Crippen molar-refractivity contribution in [1.29, 1.82) is 0 Å². The normalized spacial score (nSPS) is 17.1. The fourth-order valence-corrected chi connectivity index (χ4v) is 3.99. The first-order valence-corrected chi connectivity index (χ1v) is 10.9. The van der Waals surface area contributed by atoms with E-state index in [4.69, 9.17) is 25.8 Å². The number of allylic oxidation sites excluding steroid dienone is 1. The zero-order valence-electron chi connectivity index (χ0n) is 18.5. The minimum absolute atomic E-state index is 0.140. The van der Waals surface area contributed by atoms with Crippen LogP contribution in [0.4, 0.5) is 4.79 Å². The summed E-state index contributed by atoms with van der Waals surface area (Å²) in [6, 6.07) is 14.7. The molecule has 0 saturated carbocycles. The first kappa shape index (κ1) is 23.7. The zero-order chi connectivity index (χ0) is 23.1. The number of nitrogens with zero attached hydrogens (tertiary/aromatic N) is 1. The van der Waals surface area contributed by atoms with Crippen LogP contribution < -0.4 is 9.47 Å². The molecule has 170 valence electrons. The maximum absolute atomic E-state index is 13.3. The lowest BCUT2D eigenvalue weighted by Gasteiger charge is -2.24. The standard InChI is InChI=1S/C25H28ClNO5/c1-17(15-26)9-10-20(19-11-12-22(30-2)23(13-19)31-3)14-24(28)27-21(16-32-25(27)29)18-7-5-4-6-8-18/h4-8,11-13,15,20-21H,9-10,14,16H2,1-3H3/b17-15+/t20-,21-/m1/s1. The van der Waals surface area contributed by atoms with Crippen molar-refractivity contribution in [3.63, 3.8) is 0 Å². The minimum atomic E-state index is -0.605. The van der Waals surface area contributed by atoms with E-state index in [9.17, 15) is 9.59 Å². The maximum Gasteiger partial charge on any atom is 0.417 e. The van der Waals surface area contributed by atoms with Gasteiger partial charge in [-0.3, -0.25) is 4.79 Å². The van der Waals surface area contributed by atoms with Crippen LogP contribution in [0.5, 0.6) is 11.5 Å². The molecule has 1 aliphatic heterocycles. The van der Waals surface area contributed by atoms with E-state index in [2.05, 4.69) is 0 Å². The number of halogens is 1. The third kappa shape index (κ3) is 5.43. The summed E-state index contributed by atoms with van der Waals surface area (Å²) < 4.78 is 16.0. The quantitative estimate of drug-likeness (QED) is 0.474. The second-order valence-electron chi connectivity index (χ2n) is 7.78. The molecule has 0 spiro atoms. The highest BCUT2D eigenvalue weighted by atomic mass is 35.5. The number of imide groups is 1. The van der Waals surface area contributed by atoms with Gasteiger partial charge in [0.2, 0.25) is 5.91 Å². The Balaban J connectivity index is 1.86. The Bertz CT molecular complexity index is 976. The van der Waals surface area contributed by atoms with Gasteiger partial charge < -0.3 is 14.2 Å². The Morgan fingerprint density at radius 3 is 2.56 bits per heavy atom. The number of amides is 2. The largest absolute Gasteiger partial charge is 0.493 e. The molecule has 1 fully saturated rings. The van der Waals surface area contributed by atoms with Gasteiger partial charge >= 0.3 is 6.09 Å². The van der Waals surface area contributed by atoms with E-state index in [1.807, 2.05) is 55.5 Å². The van der Waals surface area contributed by atoms with Crippen LogP contribution in [-0.2, 0) is 9.53 Å². The molecule has 1 heterocycles. The lowest BCUT2D eigenvalue weighted by atomic mass is 9.89. The van der Waals surface area contributed by atoms with Gasteiger partial charge in [0.15, 0.2) is 11.5 Å². The highest BCUT2D eigenvalue weighted by molar-refractivity contribution is 6.25. The number of hydrogen-bond donors (Lipinski definition) is 0. The van der Waals surface area contributed by atoms with Crippen LogP contribution in [-0.4, -0.2) is 37.7 Å². The van der Waals surface area contributed by atoms with E-state index < -0.39 is 12.1 Å². The van der Waals surface area contributed by atoms with Gasteiger partial charge in [-0.05, 0) is 48.9 Å². The van der Waals surface area contributed by atoms with Gasteiger partial charge in [0.1, 0.15) is 12.6 Å². The first-order valence-electron chi connectivity index (χ1n) is 10.5. The summed E-state index contributed by atoms with van der Waals surface area (Å²) in [4.78, 5) is 27.0. The second-order valence-corrected chi connectivity index (χ2v) is 7.99. The van der Waals surface area contributed by atoms with Gasteiger partial charge in [0, 0.05) is 12.0 Å². The number of cyclic esters (lactones) is 1. The predicted octanol–water partition coefficient (Wildman–Crippen LogP) is 5.82. The summed E-state index contributed by atoms with van der Waals surface area (Å²) in [5.41, 5.74) is 4.38. The molecule has 0 N–H and O–H groups in total. The third-order valence-corrected chi connectivity index (χ3v) is 6.07. The van der Waals surface area contributed by atoms with Crippen LogP contribution in [0, 0.1) is 0 Å². The van der Waals surface area contributed by atoms with Crippen molar-refractivity contribution >= 4 is 23.6 Å². The Labute approximate surface area is 193 Å². The van der Waals surface area contributed by atoms with Crippen LogP contribution in [0.2, 0.25) is 0 Å². The van der Waals surface area contributed by atoms with Crippen LogP contribution >= 0.6 is 11.6 Å². The number of carbonyl (C=O) groups is 2. The molecule has 0 bridgehead atoms. The number of carbonyl (C=O) groups excluding carboxylic acids is 2. The van der Waals surface area contributed by atoms with Crippen molar-refractivity contribution < 1.29 is 23.8 Å². The van der Waals surface area contributed by atoms with Crippen LogP contribution in [0.15, 0.2) is 59.6 Å². The van der Waals surface area contributed by atoms with Gasteiger partial charge in [-0.1, -0.05) is 53.6 Å². The van der Waals surface area contributed by atoms with Crippen molar-refractivity contribution in [2.24, 2.45) is 0 Å². The van der Waals surface area contributed by atoms with Gasteiger partial charge in [0.25, 0.3) is 0 Å². The van der Waals surface area contributed by atoms with Gasteiger partial charge in [-0.25, -0.2) is 9.69 Å². The smallest absolute Gasteiger partial charge is 0.417 e. The molecule has 0 unspecified atom stereocenters. The molecule has 0 aliphatic carbocycles. The van der Waals surface area contributed by atoms with Gasteiger partial charge in [-0.15, -0.1) is 0 Å². The molecule has 2 atom stereocenters. The number of rotatable bonds is 9. The Hall–Kier alpha value is -2.99. The minimum Gasteiger partial charge on any atom is -0.493 e. The maximum atomic E-state index is 13.3. The lowest BCUT2D eigenvalue weighted by Crippen LogP contribution is -2.35. The summed E-state index contributed by atoms with van der Waals surface area (Å²) >= 11 is 5.85. The van der Waals surface area contributed by atoms with Gasteiger partial charge in [0.05, 0.1) is 14.2 Å². The molecule has 32 heavy (non-hydrogen) atoms. The fourth-order valence-electron chi connectivity index (χ4n) is 3.88.